The van der Waals surface area contributed by atoms with Crippen molar-refractivity contribution in [3.63, 3.8) is 0 Å². The molecule has 2 heteroatoms. The van der Waals surface area contributed by atoms with E-state index in [-0.39, 0.29) is 0 Å². The van der Waals surface area contributed by atoms with Crippen LogP contribution in [0, 0.1) is 13.0 Å². The molecule has 0 N–H and O–H groups in total. The maximum absolute atomic E-state index is 5.24. The number of nitrogens with zero attached hydrogens (tertiary/aromatic N) is 1. The van der Waals surface area contributed by atoms with Crippen LogP contribution in [-0.2, 0) is 4.74 Å². The van der Waals surface area contributed by atoms with Crippen LogP contribution >= 0.6 is 0 Å². The Balaban J connectivity index is 2.13. The zero-order valence-electron chi connectivity index (χ0n) is 6.68. The molecule has 0 unspecified atom stereocenters. The van der Waals surface area contributed by atoms with Gasteiger partial charge in [-0.05, 0) is 25.8 Å². The number of ether oxygens (including phenoxy) is 1. The molecular formula is C8H16NO. The van der Waals surface area contributed by atoms with Gasteiger partial charge >= 0.3 is 0 Å². The van der Waals surface area contributed by atoms with Gasteiger partial charge in [-0.15, -0.1) is 0 Å². The van der Waals surface area contributed by atoms with E-state index in [1.165, 1.54) is 12.8 Å². The summed E-state index contributed by atoms with van der Waals surface area (Å²) >= 11 is 0. The number of hydrogen-bond acceptors (Lipinski definition) is 2. The molecule has 1 fully saturated rings. The lowest BCUT2D eigenvalue weighted by Crippen LogP contribution is -2.25. The van der Waals surface area contributed by atoms with E-state index in [1.54, 1.807) is 0 Å². The molecular weight excluding hydrogens is 126 g/mol. The third-order valence-corrected chi connectivity index (χ3v) is 1.91. The summed E-state index contributed by atoms with van der Waals surface area (Å²) in [5, 5.41) is 0. The summed E-state index contributed by atoms with van der Waals surface area (Å²) < 4.78 is 5.24. The van der Waals surface area contributed by atoms with E-state index < -0.39 is 0 Å². The third-order valence-electron chi connectivity index (χ3n) is 1.91. The highest BCUT2D eigenvalue weighted by Gasteiger charge is 2.13. The summed E-state index contributed by atoms with van der Waals surface area (Å²) in [5.74, 6) is 0.816. The molecule has 0 bridgehead atoms. The van der Waals surface area contributed by atoms with Gasteiger partial charge in [0.2, 0.25) is 0 Å². The van der Waals surface area contributed by atoms with Crippen molar-refractivity contribution in [1.29, 1.82) is 0 Å². The van der Waals surface area contributed by atoms with E-state index >= 15 is 0 Å². The lowest BCUT2D eigenvalue weighted by atomic mass is 10.0. The summed E-state index contributed by atoms with van der Waals surface area (Å²) in [6.45, 7) is 3.00. The standard InChI is InChI=1S/C8H16NO/c1-9(2)7-8-3-5-10-6-4-8/h8H,1,3-7H2,2H3. The lowest BCUT2D eigenvalue weighted by Gasteiger charge is -2.24. The van der Waals surface area contributed by atoms with Crippen LogP contribution in [-0.4, -0.2) is 31.7 Å². The van der Waals surface area contributed by atoms with Crippen molar-refractivity contribution < 1.29 is 4.74 Å². The van der Waals surface area contributed by atoms with Crippen LogP contribution < -0.4 is 0 Å². The highest BCUT2D eigenvalue weighted by atomic mass is 16.5. The molecule has 2 nitrogen and oxygen atoms in total. The molecule has 1 aliphatic rings. The monoisotopic (exact) mass is 142 g/mol. The second kappa shape index (κ2) is 3.94. The molecule has 0 aromatic heterocycles. The molecule has 1 radical (unpaired) electrons. The van der Waals surface area contributed by atoms with E-state index in [0.29, 0.717) is 0 Å². The number of hydrogen-bond donors (Lipinski definition) is 0. The smallest absolute Gasteiger partial charge is 0.0469 e. The van der Waals surface area contributed by atoms with Crippen LogP contribution in [0.15, 0.2) is 0 Å². The van der Waals surface area contributed by atoms with Gasteiger partial charge in [-0.1, -0.05) is 0 Å². The third kappa shape index (κ3) is 2.67. The Morgan fingerprint density at radius 3 is 2.60 bits per heavy atom. The SMILES string of the molecule is [CH2]N(C)CC1CCOCC1. The molecule has 10 heavy (non-hydrogen) atoms. The predicted molar refractivity (Wildman–Crippen MR) is 41.5 cm³/mol. The van der Waals surface area contributed by atoms with Gasteiger partial charge in [0.25, 0.3) is 0 Å². The van der Waals surface area contributed by atoms with E-state index in [1.807, 2.05) is 11.9 Å². The Hall–Kier alpha value is -0.0800. The van der Waals surface area contributed by atoms with Crippen LogP contribution in [0.2, 0.25) is 0 Å². The normalized spacial score (nSPS) is 21.9. The summed E-state index contributed by atoms with van der Waals surface area (Å²) in [7, 11) is 5.85. The van der Waals surface area contributed by atoms with E-state index in [0.717, 1.165) is 25.7 Å². The van der Waals surface area contributed by atoms with Gasteiger partial charge in [0.05, 0.1) is 0 Å². The average molecular weight is 142 g/mol. The van der Waals surface area contributed by atoms with Gasteiger partial charge in [0.15, 0.2) is 0 Å². The molecule has 0 atom stereocenters. The minimum atomic E-state index is 0.816. The second-order valence-corrected chi connectivity index (χ2v) is 3.09. The van der Waals surface area contributed by atoms with Gasteiger partial charge < -0.3 is 9.64 Å². The van der Waals surface area contributed by atoms with Crippen LogP contribution in [0.5, 0.6) is 0 Å². The molecule has 0 aliphatic carbocycles. The van der Waals surface area contributed by atoms with Gasteiger partial charge in [0.1, 0.15) is 0 Å². The first kappa shape index (κ1) is 8.02. The van der Waals surface area contributed by atoms with Crippen LogP contribution in [0.1, 0.15) is 12.8 Å². The first-order valence-electron chi connectivity index (χ1n) is 3.88. The Bertz CT molecular complexity index is 87.3. The second-order valence-electron chi connectivity index (χ2n) is 3.09. The average Bonchev–Trinajstić information content (AvgIpc) is 1.88. The van der Waals surface area contributed by atoms with Gasteiger partial charge in [-0.2, -0.15) is 0 Å². The van der Waals surface area contributed by atoms with Crippen LogP contribution in [0.25, 0.3) is 0 Å². The van der Waals surface area contributed by atoms with Crippen LogP contribution in [0.4, 0.5) is 0 Å². The molecule has 0 amide bonds. The molecule has 0 saturated carbocycles. The van der Waals surface area contributed by atoms with E-state index in [4.69, 9.17) is 4.74 Å². The van der Waals surface area contributed by atoms with E-state index in [9.17, 15) is 0 Å². The topological polar surface area (TPSA) is 12.5 Å². The summed E-state index contributed by atoms with van der Waals surface area (Å²) in [6.07, 6.45) is 2.42. The fourth-order valence-electron chi connectivity index (χ4n) is 1.37. The molecule has 1 rings (SSSR count). The number of rotatable bonds is 2. The molecule has 1 heterocycles. The minimum absolute atomic E-state index is 0.816. The first-order valence-corrected chi connectivity index (χ1v) is 3.88. The summed E-state index contributed by atoms with van der Waals surface area (Å²) in [5.41, 5.74) is 0. The van der Waals surface area contributed by atoms with Gasteiger partial charge in [-0.25, -0.2) is 0 Å². The molecule has 1 saturated heterocycles. The van der Waals surface area contributed by atoms with Crippen molar-refractivity contribution in [2.45, 2.75) is 12.8 Å². The molecule has 0 aromatic rings. The molecule has 1 aliphatic heterocycles. The zero-order chi connectivity index (χ0) is 7.40. The van der Waals surface area contributed by atoms with Crippen molar-refractivity contribution in [3.8, 4) is 0 Å². The maximum atomic E-state index is 5.24. The van der Waals surface area contributed by atoms with Crippen molar-refractivity contribution >= 4 is 0 Å². The fourth-order valence-corrected chi connectivity index (χ4v) is 1.37. The molecule has 0 aromatic carbocycles. The van der Waals surface area contributed by atoms with Crippen molar-refractivity contribution in [2.24, 2.45) is 5.92 Å². The minimum Gasteiger partial charge on any atom is -0.381 e. The zero-order valence-corrected chi connectivity index (χ0v) is 6.68. The largest absolute Gasteiger partial charge is 0.381 e. The molecule has 59 valence electrons. The quantitative estimate of drug-likeness (QED) is 0.573. The Morgan fingerprint density at radius 2 is 2.10 bits per heavy atom. The highest BCUT2D eigenvalue weighted by Crippen LogP contribution is 2.14. The van der Waals surface area contributed by atoms with Crippen molar-refractivity contribution in [2.75, 3.05) is 26.8 Å². The van der Waals surface area contributed by atoms with E-state index in [2.05, 4.69) is 7.05 Å². The van der Waals surface area contributed by atoms with Gasteiger partial charge in [0, 0.05) is 26.8 Å². The predicted octanol–water partition coefficient (Wildman–Crippen LogP) is 1.14. The van der Waals surface area contributed by atoms with Crippen molar-refractivity contribution in [1.82, 2.24) is 4.90 Å². The summed E-state index contributed by atoms with van der Waals surface area (Å²) in [6, 6.07) is 0. The molecule has 0 spiro atoms. The Morgan fingerprint density at radius 1 is 1.50 bits per heavy atom. The Kier molecular flexibility index (Phi) is 3.16. The lowest BCUT2D eigenvalue weighted by molar-refractivity contribution is 0.0596. The van der Waals surface area contributed by atoms with Crippen molar-refractivity contribution in [3.05, 3.63) is 7.05 Å². The fraction of sp³-hybridized carbons (Fsp3) is 0.875. The van der Waals surface area contributed by atoms with Crippen LogP contribution in [0.3, 0.4) is 0 Å². The maximum Gasteiger partial charge on any atom is 0.0469 e. The first-order chi connectivity index (χ1) is 4.79. The summed E-state index contributed by atoms with van der Waals surface area (Å²) in [4.78, 5) is 2.01. The Labute approximate surface area is 63.2 Å². The highest BCUT2D eigenvalue weighted by molar-refractivity contribution is 4.66. The van der Waals surface area contributed by atoms with Gasteiger partial charge in [-0.3, -0.25) is 0 Å².